The molecule has 3 aromatic rings. The molecule has 1 fully saturated rings. The zero-order valence-electron chi connectivity index (χ0n) is 20.0. The topological polar surface area (TPSA) is 67.7 Å². The second-order valence-corrected chi connectivity index (χ2v) is 9.72. The van der Waals surface area contributed by atoms with Crippen molar-refractivity contribution in [1.29, 1.82) is 0 Å². The number of carbonyl (C=O) groups is 2. The molecule has 0 radical (unpaired) electrons. The van der Waals surface area contributed by atoms with E-state index in [-0.39, 0.29) is 18.4 Å². The third kappa shape index (κ3) is 6.85. The highest BCUT2D eigenvalue weighted by Gasteiger charge is 2.40. The first-order valence-electron chi connectivity index (χ1n) is 11.8. The zero-order valence-corrected chi connectivity index (χ0v) is 20.7. The molecule has 184 valence electrons. The summed E-state index contributed by atoms with van der Waals surface area (Å²) in [6, 6.07) is 19.0. The summed E-state index contributed by atoms with van der Waals surface area (Å²) in [5.41, 5.74) is 0.579. The number of amides is 2. The van der Waals surface area contributed by atoms with Gasteiger partial charge in [0.1, 0.15) is 12.3 Å². The van der Waals surface area contributed by atoms with Gasteiger partial charge in [0.15, 0.2) is 0 Å². The number of hydrogen-bond donors (Lipinski definition) is 0. The molecule has 2 amide bonds. The van der Waals surface area contributed by atoms with Crippen LogP contribution in [0.4, 0.5) is 0 Å². The number of benzene rings is 2. The first kappa shape index (κ1) is 24.8. The van der Waals surface area contributed by atoms with Crippen LogP contribution in [-0.2, 0) is 22.7 Å². The summed E-state index contributed by atoms with van der Waals surface area (Å²) in [4.78, 5) is 30.0. The predicted molar refractivity (Wildman–Crippen MR) is 135 cm³/mol. The Bertz CT molecular complexity index is 1120. The summed E-state index contributed by atoms with van der Waals surface area (Å²) in [5, 5.41) is 4.75. The average Bonchev–Trinajstić information content (AvgIpc) is 3.37. The van der Waals surface area contributed by atoms with Crippen molar-refractivity contribution in [3.63, 3.8) is 0 Å². The molecule has 0 N–H and O–H groups in total. The second kappa shape index (κ2) is 11.4. The molecule has 1 aliphatic heterocycles. The molecule has 0 unspecified atom stereocenters. The van der Waals surface area contributed by atoms with Crippen LogP contribution in [0.3, 0.4) is 0 Å². The highest BCUT2D eigenvalue weighted by molar-refractivity contribution is 6.30. The van der Waals surface area contributed by atoms with E-state index in [1.54, 1.807) is 40.2 Å². The Labute approximate surface area is 211 Å². The summed E-state index contributed by atoms with van der Waals surface area (Å²) >= 11 is 6.13. The third-order valence-electron chi connectivity index (χ3n) is 6.43. The van der Waals surface area contributed by atoms with Crippen LogP contribution in [0.15, 0.2) is 73.1 Å². The summed E-state index contributed by atoms with van der Waals surface area (Å²) in [7, 11) is 1.82. The van der Waals surface area contributed by atoms with E-state index in [0.29, 0.717) is 43.4 Å². The van der Waals surface area contributed by atoms with Crippen molar-refractivity contribution in [2.24, 2.45) is 5.41 Å². The molecular formula is C27H31ClN4O3. The van der Waals surface area contributed by atoms with E-state index in [1.807, 2.05) is 54.4 Å². The van der Waals surface area contributed by atoms with Crippen LogP contribution in [0, 0.1) is 5.41 Å². The number of halogens is 1. The van der Waals surface area contributed by atoms with Gasteiger partial charge in [-0.25, -0.2) is 0 Å². The smallest absolute Gasteiger partial charge is 0.244 e. The summed E-state index contributed by atoms with van der Waals surface area (Å²) in [6.07, 6.45) is 5.33. The van der Waals surface area contributed by atoms with Gasteiger partial charge in [-0.05, 0) is 42.7 Å². The van der Waals surface area contributed by atoms with Crippen LogP contribution in [-0.4, -0.2) is 58.1 Å². The number of piperidine rings is 1. The molecule has 8 heteroatoms. The highest BCUT2D eigenvalue weighted by Crippen LogP contribution is 2.35. The van der Waals surface area contributed by atoms with Gasteiger partial charge in [-0.3, -0.25) is 14.3 Å². The molecule has 0 aliphatic carbocycles. The standard InChI is InChI=1S/C27H31ClN4O3/c1-30(18-22-8-3-2-4-9-22)25(33)17-27(21-35-24-11-5-10-23(28)16-24)12-6-14-31(20-27)26(34)19-32-15-7-13-29-32/h2-5,7-11,13,15-16H,6,12,14,17-21H2,1H3/t27-/m1/s1. The molecule has 1 saturated heterocycles. The monoisotopic (exact) mass is 494 g/mol. The molecule has 35 heavy (non-hydrogen) atoms. The van der Waals surface area contributed by atoms with Crippen LogP contribution < -0.4 is 4.74 Å². The predicted octanol–water partition coefficient (Wildman–Crippen LogP) is 4.27. The van der Waals surface area contributed by atoms with Crippen molar-refractivity contribution in [1.82, 2.24) is 19.6 Å². The lowest BCUT2D eigenvalue weighted by atomic mass is 9.77. The van der Waals surface area contributed by atoms with Crippen molar-refractivity contribution in [3.8, 4) is 5.75 Å². The largest absolute Gasteiger partial charge is 0.493 e. The van der Waals surface area contributed by atoms with Crippen molar-refractivity contribution in [2.75, 3.05) is 26.7 Å². The Morgan fingerprint density at radius 1 is 1.14 bits per heavy atom. The molecule has 0 bridgehead atoms. The molecule has 0 spiro atoms. The number of carbonyl (C=O) groups excluding carboxylic acids is 2. The number of ether oxygens (including phenoxy) is 1. The third-order valence-corrected chi connectivity index (χ3v) is 6.66. The Kier molecular flexibility index (Phi) is 8.08. The van der Waals surface area contributed by atoms with E-state index >= 15 is 0 Å². The first-order chi connectivity index (χ1) is 16.9. The van der Waals surface area contributed by atoms with Gasteiger partial charge < -0.3 is 14.5 Å². The Morgan fingerprint density at radius 3 is 2.71 bits per heavy atom. The second-order valence-electron chi connectivity index (χ2n) is 9.28. The van der Waals surface area contributed by atoms with Crippen molar-refractivity contribution in [3.05, 3.63) is 83.6 Å². The minimum atomic E-state index is -0.498. The van der Waals surface area contributed by atoms with Gasteiger partial charge in [-0.2, -0.15) is 5.10 Å². The molecule has 1 aromatic heterocycles. The number of rotatable bonds is 9. The van der Waals surface area contributed by atoms with E-state index in [4.69, 9.17) is 16.3 Å². The van der Waals surface area contributed by atoms with Crippen molar-refractivity contribution in [2.45, 2.75) is 32.4 Å². The molecule has 2 heterocycles. The fourth-order valence-electron chi connectivity index (χ4n) is 4.56. The maximum absolute atomic E-state index is 13.4. The summed E-state index contributed by atoms with van der Waals surface area (Å²) in [6.45, 7) is 2.16. The van der Waals surface area contributed by atoms with E-state index < -0.39 is 5.41 Å². The van der Waals surface area contributed by atoms with Crippen molar-refractivity contribution < 1.29 is 14.3 Å². The maximum atomic E-state index is 13.4. The lowest BCUT2D eigenvalue weighted by Crippen LogP contribution is -2.51. The number of aromatic nitrogens is 2. The van der Waals surface area contributed by atoms with Gasteiger partial charge in [0.2, 0.25) is 11.8 Å². The van der Waals surface area contributed by atoms with Gasteiger partial charge in [0, 0.05) is 55.9 Å². The van der Waals surface area contributed by atoms with E-state index in [1.165, 1.54) is 0 Å². The van der Waals surface area contributed by atoms with Crippen LogP contribution in [0.2, 0.25) is 5.02 Å². The molecule has 1 atom stereocenters. The fraction of sp³-hybridized carbons (Fsp3) is 0.370. The molecule has 4 rings (SSSR count). The van der Waals surface area contributed by atoms with E-state index in [9.17, 15) is 9.59 Å². The first-order valence-corrected chi connectivity index (χ1v) is 12.2. The number of hydrogen-bond acceptors (Lipinski definition) is 4. The lowest BCUT2D eigenvalue weighted by Gasteiger charge is -2.43. The van der Waals surface area contributed by atoms with Gasteiger partial charge in [-0.15, -0.1) is 0 Å². The Hall–Kier alpha value is -3.32. The van der Waals surface area contributed by atoms with E-state index in [0.717, 1.165) is 18.4 Å². The number of likely N-dealkylation sites (tertiary alicyclic amines) is 1. The lowest BCUT2D eigenvalue weighted by molar-refractivity contribution is -0.141. The van der Waals surface area contributed by atoms with Crippen LogP contribution in [0.5, 0.6) is 5.75 Å². The Morgan fingerprint density at radius 2 is 1.97 bits per heavy atom. The molecule has 7 nitrogen and oxygen atoms in total. The molecular weight excluding hydrogens is 464 g/mol. The van der Waals surface area contributed by atoms with E-state index in [2.05, 4.69) is 5.10 Å². The van der Waals surface area contributed by atoms with Crippen LogP contribution in [0.25, 0.3) is 0 Å². The highest BCUT2D eigenvalue weighted by atomic mass is 35.5. The van der Waals surface area contributed by atoms with Crippen LogP contribution in [0.1, 0.15) is 24.8 Å². The molecule has 1 aliphatic rings. The number of nitrogens with zero attached hydrogens (tertiary/aromatic N) is 4. The normalized spacial score (nSPS) is 17.7. The van der Waals surface area contributed by atoms with Crippen LogP contribution >= 0.6 is 11.6 Å². The average molecular weight is 495 g/mol. The van der Waals surface area contributed by atoms with Gasteiger partial charge >= 0.3 is 0 Å². The van der Waals surface area contributed by atoms with Gasteiger partial charge in [-0.1, -0.05) is 48.0 Å². The summed E-state index contributed by atoms with van der Waals surface area (Å²) in [5.74, 6) is 0.678. The Balaban J connectivity index is 1.49. The molecule has 2 aromatic carbocycles. The SMILES string of the molecule is CN(Cc1ccccc1)C(=O)C[C@]1(COc2cccc(Cl)c2)CCCN(C(=O)Cn2cccn2)C1. The minimum Gasteiger partial charge on any atom is -0.493 e. The minimum absolute atomic E-state index is 0.00869. The van der Waals surface area contributed by atoms with Crippen molar-refractivity contribution >= 4 is 23.4 Å². The van der Waals surface area contributed by atoms with Gasteiger partial charge in [0.05, 0.1) is 6.61 Å². The maximum Gasteiger partial charge on any atom is 0.244 e. The molecule has 0 saturated carbocycles. The zero-order chi connectivity index (χ0) is 24.7. The fourth-order valence-corrected chi connectivity index (χ4v) is 4.74. The summed E-state index contributed by atoms with van der Waals surface area (Å²) < 4.78 is 7.78. The quantitative estimate of drug-likeness (QED) is 0.445. The van der Waals surface area contributed by atoms with Gasteiger partial charge in [0.25, 0.3) is 0 Å².